The molecule has 0 amide bonds. The Morgan fingerprint density at radius 3 is 1.08 bits per heavy atom. The Morgan fingerprint density at radius 1 is 0.462 bits per heavy atom. The molecule has 0 aromatic heterocycles. The molecule has 0 saturated heterocycles. The number of carbonyl (C=O) groups excluding carboxylic acids is 2. The largest absolute Gasteiger partial charge is 2.00 e. The molecule has 0 heterocycles. The van der Waals surface area contributed by atoms with E-state index in [0.29, 0.717) is 45.1 Å². The number of hydrogen-bond donors (Lipinski definition) is 0. The Kier molecular flexibility index (Phi) is 21.0. The van der Waals surface area contributed by atoms with E-state index in [-0.39, 0.29) is 78.5 Å². The van der Waals surface area contributed by atoms with Crippen LogP contribution < -0.4 is 34.3 Å². The zero-order valence-electron chi connectivity index (χ0n) is 27.9. The van der Waals surface area contributed by atoms with Crippen LogP contribution in [0.3, 0.4) is 0 Å². The molecule has 0 N–H and O–H groups in total. The summed E-state index contributed by atoms with van der Waals surface area (Å²) in [7, 11) is 3.23. The molecule has 6 aromatic carbocycles. The Bertz CT molecular complexity index is 1850. The van der Waals surface area contributed by atoms with E-state index in [1.54, 1.807) is 50.6 Å². The van der Waals surface area contributed by atoms with Gasteiger partial charge in [-0.2, -0.15) is 0 Å². The first-order chi connectivity index (χ1) is 23.6. The molecule has 0 aliphatic rings. The van der Waals surface area contributed by atoms with Gasteiger partial charge in [-0.3, -0.25) is 19.6 Å². The molecule has 0 atom stereocenters. The van der Waals surface area contributed by atoms with Crippen LogP contribution in [0.2, 0.25) is 0 Å². The minimum absolute atomic E-state index is 0. The summed E-state index contributed by atoms with van der Waals surface area (Å²) in [5, 5.41) is 0. The van der Waals surface area contributed by atoms with Crippen molar-refractivity contribution in [1.82, 2.24) is 0 Å². The molecular formula is C42H32Cl2N2O4Pt2. The molecule has 0 radical (unpaired) electrons. The Morgan fingerprint density at radius 2 is 0.788 bits per heavy atom. The van der Waals surface area contributed by atoms with E-state index in [4.69, 9.17) is 9.47 Å². The van der Waals surface area contributed by atoms with Crippen molar-refractivity contribution in [2.45, 2.75) is 0 Å². The standard InChI is InChI=1S/2C21H16NO2.2ClH.2Pt/c2*1-24-19-14-12-18(13-15-19)22-20(16-8-4-2-5-9-16)21(23)17-10-6-3-7-11-17;;;;/h2*2-8,10-15H,1H3;2*1H;;/q2*-1;;;2*+2/p-2. The maximum Gasteiger partial charge on any atom is 2.00 e. The number of Topliss-reactive ketones (excluding diaryl/α,β-unsaturated/α-hetero) is 2. The van der Waals surface area contributed by atoms with Crippen molar-refractivity contribution >= 4 is 34.4 Å². The van der Waals surface area contributed by atoms with Gasteiger partial charge in [0.2, 0.25) is 0 Å². The van der Waals surface area contributed by atoms with Crippen LogP contribution in [0.25, 0.3) is 0 Å². The number of halogens is 2. The predicted molar refractivity (Wildman–Crippen MR) is 190 cm³/mol. The van der Waals surface area contributed by atoms with Gasteiger partial charge in [0, 0.05) is 22.6 Å². The van der Waals surface area contributed by atoms with Gasteiger partial charge in [0.15, 0.2) is 11.6 Å². The normalized spacial score (nSPS) is 10.3. The zero-order valence-corrected chi connectivity index (χ0v) is 34.0. The first-order valence-corrected chi connectivity index (χ1v) is 15.1. The average molecular weight is 1090 g/mol. The predicted octanol–water partition coefficient (Wildman–Crippen LogP) is 3.00. The first-order valence-electron chi connectivity index (χ1n) is 15.1. The number of benzene rings is 6. The summed E-state index contributed by atoms with van der Waals surface area (Å²) in [5.41, 5.74) is 4.65. The van der Waals surface area contributed by atoms with E-state index in [0.717, 1.165) is 11.5 Å². The fraction of sp³-hybridized carbons (Fsp3) is 0.0476. The van der Waals surface area contributed by atoms with Crippen LogP contribution in [0, 0.1) is 12.1 Å². The van der Waals surface area contributed by atoms with E-state index in [1.807, 2.05) is 121 Å². The van der Waals surface area contributed by atoms with Gasteiger partial charge in [0.05, 0.1) is 25.6 Å². The summed E-state index contributed by atoms with van der Waals surface area (Å²) in [5.74, 6) is 1.23. The van der Waals surface area contributed by atoms with Gasteiger partial charge in [-0.15, -0.1) is 71.8 Å². The van der Waals surface area contributed by atoms with Crippen molar-refractivity contribution in [3.63, 3.8) is 0 Å². The third-order valence-corrected chi connectivity index (χ3v) is 7.06. The quantitative estimate of drug-likeness (QED) is 0.120. The van der Waals surface area contributed by atoms with Crippen LogP contribution in [0.4, 0.5) is 11.4 Å². The third kappa shape index (κ3) is 13.0. The number of ether oxygens (including phenoxy) is 2. The van der Waals surface area contributed by atoms with E-state index in [1.165, 1.54) is 0 Å². The maximum absolute atomic E-state index is 12.9. The molecule has 0 aliphatic heterocycles. The maximum atomic E-state index is 12.9. The molecule has 52 heavy (non-hydrogen) atoms. The molecular weight excluding hydrogens is 1060 g/mol. The van der Waals surface area contributed by atoms with E-state index in [9.17, 15) is 9.59 Å². The molecule has 0 aliphatic carbocycles. The van der Waals surface area contributed by atoms with Crippen LogP contribution in [0.5, 0.6) is 11.5 Å². The fourth-order valence-corrected chi connectivity index (χ4v) is 4.57. The van der Waals surface area contributed by atoms with Gasteiger partial charge >= 0.3 is 42.1 Å². The first kappa shape index (κ1) is 45.6. The van der Waals surface area contributed by atoms with Gasteiger partial charge in [-0.25, -0.2) is 0 Å². The molecule has 0 saturated carbocycles. The average Bonchev–Trinajstić information content (AvgIpc) is 3.17. The monoisotopic (exact) mass is 1090 g/mol. The Hall–Kier alpha value is -4.44. The van der Waals surface area contributed by atoms with Gasteiger partial charge in [0.1, 0.15) is 11.5 Å². The topological polar surface area (TPSA) is 77.3 Å². The number of carbonyl (C=O) groups is 2. The van der Waals surface area contributed by atoms with Gasteiger partial charge < -0.3 is 34.3 Å². The van der Waals surface area contributed by atoms with Gasteiger partial charge in [0.25, 0.3) is 0 Å². The number of aliphatic imine (C=N–C) groups is 2. The number of hydrogen-bond acceptors (Lipinski definition) is 6. The van der Waals surface area contributed by atoms with Crippen molar-refractivity contribution in [3.05, 3.63) is 192 Å². The molecule has 6 nitrogen and oxygen atoms in total. The summed E-state index contributed by atoms with van der Waals surface area (Å²) in [6, 6.07) is 53.7. The molecule has 0 bridgehead atoms. The minimum Gasteiger partial charge on any atom is -1.00 e. The van der Waals surface area contributed by atoms with Crippen molar-refractivity contribution in [3.8, 4) is 11.5 Å². The van der Waals surface area contributed by atoms with Gasteiger partial charge in [-0.1, -0.05) is 60.7 Å². The van der Waals surface area contributed by atoms with Crippen LogP contribution >= 0.6 is 0 Å². The van der Waals surface area contributed by atoms with Crippen LogP contribution in [-0.2, 0) is 42.1 Å². The molecule has 268 valence electrons. The minimum atomic E-state index is -0.131. The van der Waals surface area contributed by atoms with Crippen LogP contribution in [0.15, 0.2) is 168 Å². The summed E-state index contributed by atoms with van der Waals surface area (Å²) in [6.45, 7) is 0. The van der Waals surface area contributed by atoms with Crippen molar-refractivity contribution in [2.24, 2.45) is 9.98 Å². The number of ketones is 2. The molecule has 6 rings (SSSR count). The number of rotatable bonds is 10. The third-order valence-electron chi connectivity index (χ3n) is 7.06. The summed E-state index contributed by atoms with van der Waals surface area (Å²) < 4.78 is 10.3. The summed E-state index contributed by atoms with van der Waals surface area (Å²) >= 11 is 0. The van der Waals surface area contributed by atoms with Crippen molar-refractivity contribution in [2.75, 3.05) is 14.2 Å². The second-order valence-corrected chi connectivity index (χ2v) is 10.3. The van der Waals surface area contributed by atoms with E-state index in [2.05, 4.69) is 22.1 Å². The number of methoxy groups -OCH3 is 2. The summed E-state index contributed by atoms with van der Waals surface area (Å²) in [6.07, 6.45) is 0. The smallest absolute Gasteiger partial charge is 1.00 e. The molecule has 0 fully saturated rings. The molecule has 0 unspecified atom stereocenters. The van der Waals surface area contributed by atoms with E-state index >= 15 is 0 Å². The Balaban J connectivity index is 0.000000483. The molecule has 10 heteroatoms. The van der Waals surface area contributed by atoms with E-state index < -0.39 is 0 Å². The Labute approximate surface area is 345 Å². The zero-order chi connectivity index (χ0) is 33.6. The SMILES string of the molecule is COc1ccc(N=C(C(=O)c2ccccc2)c2[c-]cccc2)cc1.COc1ccc(N=C(C(=O)c2ccccc2)c2[c-]cccc2)cc1.[Cl-].[Cl-].[Pt+2].[Pt+2]. The van der Waals surface area contributed by atoms with Crippen molar-refractivity contribution < 1.29 is 86.0 Å². The second kappa shape index (κ2) is 23.9. The van der Waals surface area contributed by atoms with Crippen LogP contribution in [0.1, 0.15) is 31.8 Å². The van der Waals surface area contributed by atoms with Crippen LogP contribution in [-0.4, -0.2) is 37.2 Å². The molecule has 6 aromatic rings. The van der Waals surface area contributed by atoms with Gasteiger partial charge in [-0.05, 0) is 48.5 Å². The fourth-order valence-electron chi connectivity index (χ4n) is 4.57. The second-order valence-electron chi connectivity index (χ2n) is 10.3. The van der Waals surface area contributed by atoms with Crippen molar-refractivity contribution in [1.29, 1.82) is 0 Å². The number of nitrogens with zero attached hydrogens (tertiary/aromatic N) is 2. The molecule has 0 spiro atoms. The summed E-state index contributed by atoms with van der Waals surface area (Å²) in [4.78, 5) is 34.9.